The molecule has 2 aliphatic rings. The van der Waals surface area contributed by atoms with Gasteiger partial charge in [-0.3, -0.25) is 4.79 Å². The Bertz CT molecular complexity index is 1030. The normalized spacial score (nSPS) is 22.0. The van der Waals surface area contributed by atoms with E-state index in [4.69, 9.17) is 4.74 Å². The Hall–Kier alpha value is -2.38. The molecule has 0 aromatic heterocycles. The van der Waals surface area contributed by atoms with Crippen LogP contribution in [0.5, 0.6) is 5.75 Å². The minimum Gasteiger partial charge on any atom is -0.489 e. The molecule has 4 rings (SSSR count). The number of hydrogen-bond acceptors (Lipinski definition) is 4. The molecule has 2 atom stereocenters. The van der Waals surface area contributed by atoms with Crippen molar-refractivity contribution >= 4 is 21.6 Å². The van der Waals surface area contributed by atoms with Crippen LogP contribution in [-0.4, -0.2) is 37.8 Å². The van der Waals surface area contributed by atoms with Crippen molar-refractivity contribution in [1.82, 2.24) is 4.31 Å². The number of piperidine rings is 1. The lowest BCUT2D eigenvalue weighted by Crippen LogP contribution is -2.35. The molecule has 2 unspecified atom stereocenters. The van der Waals surface area contributed by atoms with Gasteiger partial charge in [0, 0.05) is 30.3 Å². The maximum absolute atomic E-state index is 12.9. The lowest BCUT2D eigenvalue weighted by molar-refractivity contribution is 0.102. The molecule has 6 nitrogen and oxygen atoms in total. The molecule has 0 saturated carbocycles. The topological polar surface area (TPSA) is 75.7 Å². The average Bonchev–Trinajstić information content (AvgIpc) is 3.03. The summed E-state index contributed by atoms with van der Waals surface area (Å²) in [7, 11) is -3.55. The van der Waals surface area contributed by atoms with Crippen LogP contribution < -0.4 is 10.1 Å². The summed E-state index contributed by atoms with van der Waals surface area (Å²) in [5.74, 6) is 0.522. The Morgan fingerprint density at radius 2 is 1.79 bits per heavy atom. The number of nitrogens with one attached hydrogen (secondary N) is 1. The van der Waals surface area contributed by atoms with Crippen molar-refractivity contribution in [3.63, 3.8) is 0 Å². The first-order chi connectivity index (χ1) is 13.9. The number of anilines is 1. The molecule has 2 aliphatic heterocycles. The molecule has 0 spiro atoms. The van der Waals surface area contributed by atoms with Crippen LogP contribution in [0.1, 0.15) is 54.9 Å². The predicted octanol–water partition coefficient (Wildman–Crippen LogP) is 4.00. The summed E-state index contributed by atoms with van der Waals surface area (Å²) in [4.78, 5) is 13.1. The fourth-order valence-electron chi connectivity index (χ4n) is 3.95. The first-order valence-electron chi connectivity index (χ1n) is 10.1. The van der Waals surface area contributed by atoms with E-state index < -0.39 is 10.0 Å². The van der Waals surface area contributed by atoms with E-state index in [9.17, 15) is 13.2 Å². The van der Waals surface area contributed by atoms with Crippen LogP contribution in [0.15, 0.2) is 47.4 Å². The average molecular weight is 415 g/mol. The van der Waals surface area contributed by atoms with Crippen LogP contribution in [-0.2, 0) is 10.0 Å². The Kier molecular flexibility index (Phi) is 5.36. The monoisotopic (exact) mass is 414 g/mol. The molecule has 0 bridgehead atoms. The van der Waals surface area contributed by atoms with Crippen molar-refractivity contribution in [1.29, 1.82) is 0 Å². The van der Waals surface area contributed by atoms with Gasteiger partial charge >= 0.3 is 0 Å². The fourth-order valence-corrected chi connectivity index (χ4v) is 5.52. The van der Waals surface area contributed by atoms with E-state index in [0.717, 1.165) is 24.8 Å². The molecule has 2 aromatic rings. The van der Waals surface area contributed by atoms with Gasteiger partial charge in [-0.1, -0.05) is 31.5 Å². The van der Waals surface area contributed by atoms with Gasteiger partial charge in [0.15, 0.2) is 0 Å². The second-order valence-electron chi connectivity index (χ2n) is 7.78. The summed E-state index contributed by atoms with van der Waals surface area (Å²) in [6.07, 6.45) is 2.83. The minimum atomic E-state index is -3.55. The van der Waals surface area contributed by atoms with E-state index >= 15 is 0 Å². The number of nitrogens with zero attached hydrogens (tertiary/aromatic N) is 1. The highest BCUT2D eigenvalue weighted by atomic mass is 32.2. The molecular formula is C22H26N2O4S. The quantitative estimate of drug-likeness (QED) is 0.821. The smallest absolute Gasteiger partial charge is 0.259 e. The van der Waals surface area contributed by atoms with Crippen molar-refractivity contribution in [3.8, 4) is 5.75 Å². The van der Waals surface area contributed by atoms with Crippen LogP contribution >= 0.6 is 0 Å². The Balaban J connectivity index is 1.57. The zero-order chi connectivity index (χ0) is 20.6. The second-order valence-corrected chi connectivity index (χ2v) is 9.72. The summed E-state index contributed by atoms with van der Waals surface area (Å²) in [5.41, 5.74) is 1.93. The third-order valence-corrected chi connectivity index (χ3v) is 7.73. The van der Waals surface area contributed by atoms with Gasteiger partial charge in [-0.05, 0) is 44.0 Å². The van der Waals surface area contributed by atoms with Gasteiger partial charge in [-0.15, -0.1) is 0 Å². The molecule has 1 fully saturated rings. The second kappa shape index (κ2) is 7.80. The highest BCUT2D eigenvalue weighted by Gasteiger charge is 2.31. The zero-order valence-electron chi connectivity index (χ0n) is 16.7. The van der Waals surface area contributed by atoms with E-state index in [1.807, 2.05) is 19.1 Å². The van der Waals surface area contributed by atoms with Gasteiger partial charge in [0.05, 0.1) is 10.5 Å². The molecule has 0 radical (unpaired) electrons. The molecule has 154 valence electrons. The first-order valence-corrected chi connectivity index (χ1v) is 11.5. The number of sulfonamides is 1. The summed E-state index contributed by atoms with van der Waals surface area (Å²) < 4.78 is 33.3. The SMILES string of the molecule is CC1Oc2c(C(=O)Nc3cccc(S(=O)(=O)N4CCCCC4)c3)cccc2C1C. The standard InChI is InChI=1S/C22H26N2O4S/c1-15-16(2)28-21-19(15)10-7-11-20(21)22(25)23-17-8-6-9-18(14-17)29(26,27)24-12-4-3-5-13-24/h6-11,14-16H,3-5,12-13H2,1-2H3,(H,23,25). The number of carbonyl (C=O) groups excluding carboxylic acids is 1. The van der Waals surface area contributed by atoms with Crippen LogP contribution in [0.25, 0.3) is 0 Å². The highest BCUT2D eigenvalue weighted by Crippen LogP contribution is 2.40. The van der Waals surface area contributed by atoms with E-state index in [1.165, 1.54) is 10.4 Å². The van der Waals surface area contributed by atoms with Crippen molar-refractivity contribution in [2.45, 2.75) is 50.0 Å². The van der Waals surface area contributed by atoms with Crippen LogP contribution in [0.4, 0.5) is 5.69 Å². The van der Waals surface area contributed by atoms with Crippen molar-refractivity contribution < 1.29 is 17.9 Å². The van der Waals surface area contributed by atoms with Crippen molar-refractivity contribution in [2.24, 2.45) is 0 Å². The Labute approximate surface area is 171 Å². The van der Waals surface area contributed by atoms with E-state index in [2.05, 4.69) is 12.2 Å². The molecule has 2 aromatic carbocycles. The van der Waals surface area contributed by atoms with Gasteiger partial charge in [0.25, 0.3) is 5.91 Å². The molecule has 1 N–H and O–H groups in total. The number of benzene rings is 2. The molecule has 1 saturated heterocycles. The van der Waals surface area contributed by atoms with Crippen LogP contribution in [0, 0.1) is 0 Å². The Morgan fingerprint density at radius 3 is 2.55 bits per heavy atom. The summed E-state index contributed by atoms with van der Waals surface area (Å²) in [6.45, 7) is 5.15. The van der Waals surface area contributed by atoms with Gasteiger partial charge in [0.1, 0.15) is 11.9 Å². The molecular weight excluding hydrogens is 388 g/mol. The molecule has 0 aliphatic carbocycles. The van der Waals surface area contributed by atoms with E-state index in [-0.39, 0.29) is 22.8 Å². The number of ether oxygens (including phenoxy) is 1. The zero-order valence-corrected chi connectivity index (χ0v) is 17.5. The molecule has 7 heteroatoms. The summed E-state index contributed by atoms with van der Waals surface area (Å²) in [5, 5.41) is 2.83. The van der Waals surface area contributed by atoms with Crippen LogP contribution in [0.2, 0.25) is 0 Å². The third-order valence-electron chi connectivity index (χ3n) is 5.83. The number of fused-ring (bicyclic) bond motifs is 1. The molecule has 29 heavy (non-hydrogen) atoms. The lowest BCUT2D eigenvalue weighted by Gasteiger charge is -2.26. The highest BCUT2D eigenvalue weighted by molar-refractivity contribution is 7.89. The first kappa shape index (κ1) is 19.9. The fraction of sp³-hybridized carbons (Fsp3) is 0.409. The van der Waals surface area contributed by atoms with Gasteiger partial charge in [-0.2, -0.15) is 4.31 Å². The van der Waals surface area contributed by atoms with Gasteiger partial charge < -0.3 is 10.1 Å². The van der Waals surface area contributed by atoms with Crippen LogP contribution in [0.3, 0.4) is 0 Å². The molecule has 2 heterocycles. The summed E-state index contributed by atoms with van der Waals surface area (Å²) >= 11 is 0. The van der Waals surface area contributed by atoms with E-state index in [1.54, 1.807) is 24.3 Å². The predicted molar refractivity (Wildman–Crippen MR) is 112 cm³/mol. The van der Waals surface area contributed by atoms with Gasteiger partial charge in [0.2, 0.25) is 10.0 Å². The largest absolute Gasteiger partial charge is 0.489 e. The Morgan fingerprint density at radius 1 is 1.07 bits per heavy atom. The van der Waals surface area contributed by atoms with E-state index in [0.29, 0.717) is 30.1 Å². The van der Waals surface area contributed by atoms with Crippen molar-refractivity contribution in [3.05, 3.63) is 53.6 Å². The van der Waals surface area contributed by atoms with Gasteiger partial charge in [-0.25, -0.2) is 8.42 Å². The number of carbonyl (C=O) groups is 1. The van der Waals surface area contributed by atoms with Crippen molar-refractivity contribution in [2.75, 3.05) is 18.4 Å². The number of amides is 1. The number of para-hydroxylation sites is 1. The third kappa shape index (κ3) is 3.76. The number of hydrogen-bond donors (Lipinski definition) is 1. The maximum atomic E-state index is 12.9. The summed E-state index contributed by atoms with van der Waals surface area (Å²) in [6, 6.07) is 12.0. The maximum Gasteiger partial charge on any atom is 0.259 e. The number of rotatable bonds is 4. The minimum absolute atomic E-state index is 0.0111. The lowest BCUT2D eigenvalue weighted by atomic mass is 9.97. The molecule has 1 amide bonds.